The highest BCUT2D eigenvalue weighted by atomic mass is 16.3. The lowest BCUT2D eigenvalue weighted by Gasteiger charge is -2.18. The van der Waals surface area contributed by atoms with Crippen LogP contribution in [-0.2, 0) is 16.0 Å². The monoisotopic (exact) mass is 278 g/mol. The van der Waals surface area contributed by atoms with Crippen molar-refractivity contribution in [2.75, 3.05) is 20.2 Å². The van der Waals surface area contributed by atoms with Gasteiger partial charge in [0, 0.05) is 13.6 Å². The molecule has 0 saturated heterocycles. The van der Waals surface area contributed by atoms with Gasteiger partial charge in [0.05, 0.1) is 12.6 Å². The lowest BCUT2D eigenvalue weighted by molar-refractivity contribution is -0.145. The van der Waals surface area contributed by atoms with Crippen LogP contribution in [-0.4, -0.2) is 42.0 Å². The predicted octanol–water partition coefficient (Wildman–Crippen LogP) is 0.877. The SMILES string of the molecule is CCc1ccc(C(C)NC(=O)C(=O)N(C)CCO)cc1. The number of amides is 2. The molecule has 1 aromatic rings. The van der Waals surface area contributed by atoms with Crippen LogP contribution in [0.5, 0.6) is 0 Å². The lowest BCUT2D eigenvalue weighted by atomic mass is 10.0. The molecule has 0 bridgehead atoms. The molecule has 5 nitrogen and oxygen atoms in total. The molecule has 0 aromatic heterocycles. The van der Waals surface area contributed by atoms with Crippen molar-refractivity contribution in [3.05, 3.63) is 35.4 Å². The largest absolute Gasteiger partial charge is 0.395 e. The zero-order chi connectivity index (χ0) is 15.1. The zero-order valence-electron chi connectivity index (χ0n) is 12.2. The number of nitrogens with one attached hydrogen (secondary N) is 1. The minimum absolute atomic E-state index is 0.145. The molecule has 0 aliphatic rings. The van der Waals surface area contributed by atoms with Gasteiger partial charge in [-0.3, -0.25) is 9.59 Å². The van der Waals surface area contributed by atoms with E-state index in [2.05, 4.69) is 12.2 Å². The summed E-state index contributed by atoms with van der Waals surface area (Å²) in [5.74, 6) is -1.30. The van der Waals surface area contributed by atoms with Crippen molar-refractivity contribution in [2.45, 2.75) is 26.3 Å². The van der Waals surface area contributed by atoms with E-state index in [0.29, 0.717) is 0 Å². The van der Waals surface area contributed by atoms with Crippen LogP contribution in [0.3, 0.4) is 0 Å². The highest BCUT2D eigenvalue weighted by molar-refractivity contribution is 6.35. The standard InChI is InChI=1S/C15H22N2O3/c1-4-12-5-7-13(8-6-12)11(2)16-14(19)15(20)17(3)9-10-18/h5-8,11,18H,4,9-10H2,1-3H3,(H,16,19). The molecular formula is C15H22N2O3. The molecule has 1 atom stereocenters. The summed E-state index contributed by atoms with van der Waals surface area (Å²) in [4.78, 5) is 24.7. The van der Waals surface area contributed by atoms with Crippen molar-refractivity contribution < 1.29 is 14.7 Å². The van der Waals surface area contributed by atoms with Gasteiger partial charge < -0.3 is 15.3 Å². The highest BCUT2D eigenvalue weighted by Crippen LogP contribution is 2.13. The van der Waals surface area contributed by atoms with Gasteiger partial charge in [-0.2, -0.15) is 0 Å². The van der Waals surface area contributed by atoms with Crippen LogP contribution in [0, 0.1) is 0 Å². The summed E-state index contributed by atoms with van der Waals surface area (Å²) < 4.78 is 0. The van der Waals surface area contributed by atoms with Gasteiger partial charge in [-0.25, -0.2) is 0 Å². The van der Waals surface area contributed by atoms with Crippen LogP contribution in [0.15, 0.2) is 24.3 Å². The molecule has 2 amide bonds. The Bertz CT molecular complexity index is 457. The Morgan fingerprint density at radius 2 is 1.90 bits per heavy atom. The molecule has 0 radical (unpaired) electrons. The van der Waals surface area contributed by atoms with Gasteiger partial charge in [0.1, 0.15) is 0 Å². The summed E-state index contributed by atoms with van der Waals surface area (Å²) in [6, 6.07) is 7.69. The second-order valence-corrected chi connectivity index (χ2v) is 4.74. The van der Waals surface area contributed by atoms with Gasteiger partial charge in [-0.15, -0.1) is 0 Å². The summed E-state index contributed by atoms with van der Waals surface area (Å²) >= 11 is 0. The first-order valence-electron chi connectivity index (χ1n) is 6.75. The average Bonchev–Trinajstić information content (AvgIpc) is 2.46. The van der Waals surface area contributed by atoms with Crippen molar-refractivity contribution in [2.24, 2.45) is 0 Å². The first-order chi connectivity index (χ1) is 9.49. The molecule has 1 unspecified atom stereocenters. The maximum Gasteiger partial charge on any atom is 0.311 e. The Kier molecular flexibility index (Phi) is 6.18. The van der Waals surface area contributed by atoms with Crippen LogP contribution < -0.4 is 5.32 Å². The van der Waals surface area contributed by atoms with Crippen LogP contribution in [0.4, 0.5) is 0 Å². The molecule has 1 aromatic carbocycles. The van der Waals surface area contributed by atoms with E-state index in [9.17, 15) is 9.59 Å². The maximum atomic E-state index is 11.8. The van der Waals surface area contributed by atoms with Crippen molar-refractivity contribution in [3.63, 3.8) is 0 Å². The highest BCUT2D eigenvalue weighted by Gasteiger charge is 2.20. The van der Waals surface area contributed by atoms with Gasteiger partial charge >= 0.3 is 11.8 Å². The van der Waals surface area contributed by atoms with Crippen molar-refractivity contribution in [1.29, 1.82) is 0 Å². The van der Waals surface area contributed by atoms with Gasteiger partial charge in [0.2, 0.25) is 0 Å². The van der Waals surface area contributed by atoms with E-state index >= 15 is 0 Å². The molecule has 0 saturated carbocycles. The molecule has 20 heavy (non-hydrogen) atoms. The third-order valence-electron chi connectivity index (χ3n) is 3.21. The number of aliphatic hydroxyl groups is 1. The van der Waals surface area contributed by atoms with E-state index in [1.807, 2.05) is 31.2 Å². The molecule has 2 N–H and O–H groups in total. The number of carbonyl (C=O) groups excluding carboxylic acids is 2. The summed E-state index contributed by atoms with van der Waals surface area (Å²) in [5.41, 5.74) is 2.18. The third kappa shape index (κ3) is 4.35. The molecule has 0 spiro atoms. The Morgan fingerprint density at radius 1 is 1.30 bits per heavy atom. The van der Waals surface area contributed by atoms with Crippen LogP contribution >= 0.6 is 0 Å². The van der Waals surface area contributed by atoms with E-state index in [4.69, 9.17) is 5.11 Å². The Morgan fingerprint density at radius 3 is 2.40 bits per heavy atom. The predicted molar refractivity (Wildman–Crippen MR) is 77.1 cm³/mol. The summed E-state index contributed by atoms with van der Waals surface area (Å²) in [7, 11) is 1.48. The second-order valence-electron chi connectivity index (χ2n) is 4.74. The molecule has 0 aliphatic carbocycles. The van der Waals surface area contributed by atoms with E-state index in [1.54, 1.807) is 0 Å². The summed E-state index contributed by atoms with van der Waals surface area (Å²) in [5, 5.41) is 11.4. The number of rotatable bonds is 5. The van der Waals surface area contributed by atoms with Crippen LogP contribution in [0.1, 0.15) is 31.0 Å². The average molecular weight is 278 g/mol. The van der Waals surface area contributed by atoms with Gasteiger partial charge in [-0.05, 0) is 24.5 Å². The van der Waals surface area contributed by atoms with Crippen LogP contribution in [0.25, 0.3) is 0 Å². The van der Waals surface area contributed by atoms with Crippen molar-refractivity contribution in [3.8, 4) is 0 Å². The van der Waals surface area contributed by atoms with Gasteiger partial charge in [0.15, 0.2) is 0 Å². The van der Waals surface area contributed by atoms with E-state index in [0.717, 1.165) is 12.0 Å². The normalized spacial score (nSPS) is 11.8. The molecular weight excluding hydrogens is 256 g/mol. The smallest absolute Gasteiger partial charge is 0.311 e. The summed E-state index contributed by atoms with van der Waals surface area (Å²) in [6.45, 7) is 3.89. The van der Waals surface area contributed by atoms with Gasteiger partial charge in [-0.1, -0.05) is 31.2 Å². The number of aliphatic hydroxyl groups excluding tert-OH is 1. The number of likely N-dealkylation sites (N-methyl/N-ethyl adjacent to an activating group) is 1. The minimum Gasteiger partial charge on any atom is -0.395 e. The molecule has 1 rings (SSSR count). The third-order valence-corrected chi connectivity index (χ3v) is 3.21. The molecule has 110 valence electrons. The van der Waals surface area contributed by atoms with Gasteiger partial charge in [0.25, 0.3) is 0 Å². The van der Waals surface area contributed by atoms with Crippen LogP contribution in [0.2, 0.25) is 0 Å². The molecule has 0 heterocycles. The number of carbonyl (C=O) groups is 2. The Labute approximate surface area is 119 Å². The first kappa shape index (κ1) is 16.2. The number of aryl methyl sites for hydroxylation is 1. The van der Waals surface area contributed by atoms with Crippen molar-refractivity contribution in [1.82, 2.24) is 10.2 Å². The van der Waals surface area contributed by atoms with E-state index < -0.39 is 11.8 Å². The molecule has 0 aliphatic heterocycles. The number of hydrogen-bond acceptors (Lipinski definition) is 3. The first-order valence-corrected chi connectivity index (χ1v) is 6.75. The topological polar surface area (TPSA) is 69.6 Å². The summed E-state index contributed by atoms with van der Waals surface area (Å²) in [6.07, 6.45) is 0.964. The fourth-order valence-electron chi connectivity index (χ4n) is 1.81. The quantitative estimate of drug-likeness (QED) is 0.785. The second kappa shape index (κ2) is 7.65. The minimum atomic E-state index is -0.659. The number of nitrogens with zero attached hydrogens (tertiary/aromatic N) is 1. The number of hydrogen-bond donors (Lipinski definition) is 2. The van der Waals surface area contributed by atoms with Crippen molar-refractivity contribution >= 4 is 11.8 Å². The molecule has 0 fully saturated rings. The van der Waals surface area contributed by atoms with E-state index in [1.165, 1.54) is 17.5 Å². The maximum absolute atomic E-state index is 11.8. The number of benzene rings is 1. The molecule has 5 heteroatoms. The lowest BCUT2D eigenvalue weighted by Crippen LogP contribution is -2.42. The van der Waals surface area contributed by atoms with E-state index in [-0.39, 0.29) is 19.2 Å². The Hall–Kier alpha value is -1.88. The Balaban J connectivity index is 2.62. The zero-order valence-corrected chi connectivity index (χ0v) is 12.2. The fourth-order valence-corrected chi connectivity index (χ4v) is 1.81. The fraction of sp³-hybridized carbons (Fsp3) is 0.467.